The van der Waals surface area contributed by atoms with Crippen molar-refractivity contribution in [2.75, 3.05) is 13.6 Å². The number of primary amides is 1. The fourth-order valence-electron chi connectivity index (χ4n) is 4.32. The topological polar surface area (TPSA) is 79.5 Å². The van der Waals surface area contributed by atoms with Crippen LogP contribution in [0.1, 0.15) is 33.9 Å². The number of nitrogens with two attached hydrogens (primary N) is 1. The zero-order valence-corrected chi connectivity index (χ0v) is 17.0. The molecule has 1 aromatic heterocycles. The lowest BCUT2D eigenvalue weighted by molar-refractivity contribution is -0.121. The van der Waals surface area contributed by atoms with Crippen molar-refractivity contribution >= 4 is 11.8 Å². The van der Waals surface area contributed by atoms with Gasteiger partial charge in [0.2, 0.25) is 5.91 Å². The average Bonchev–Trinajstić information content (AvgIpc) is 3.15. The molecule has 0 spiro atoms. The fourth-order valence-corrected chi connectivity index (χ4v) is 4.32. The number of halogens is 2. The number of fused-ring (bicyclic) bond motifs is 1. The minimum atomic E-state index is -1.12. The van der Waals surface area contributed by atoms with Crippen molar-refractivity contribution in [3.05, 3.63) is 88.9 Å². The third-order valence-corrected chi connectivity index (χ3v) is 5.64. The molecule has 6 nitrogen and oxygen atoms in total. The Morgan fingerprint density at radius 3 is 2.81 bits per heavy atom. The van der Waals surface area contributed by atoms with Gasteiger partial charge in [0.1, 0.15) is 17.7 Å². The van der Waals surface area contributed by atoms with E-state index in [2.05, 4.69) is 4.98 Å². The van der Waals surface area contributed by atoms with Gasteiger partial charge in [0, 0.05) is 38.3 Å². The summed E-state index contributed by atoms with van der Waals surface area (Å²) in [5.41, 5.74) is 7.28. The van der Waals surface area contributed by atoms with Crippen LogP contribution in [0.5, 0.6) is 0 Å². The Labute approximate surface area is 178 Å². The van der Waals surface area contributed by atoms with E-state index in [-0.39, 0.29) is 5.56 Å². The van der Waals surface area contributed by atoms with E-state index < -0.39 is 35.5 Å². The van der Waals surface area contributed by atoms with E-state index in [0.717, 1.165) is 6.07 Å². The molecule has 1 aliphatic heterocycles. The van der Waals surface area contributed by atoms with Crippen molar-refractivity contribution in [2.24, 2.45) is 5.73 Å². The van der Waals surface area contributed by atoms with Crippen molar-refractivity contribution in [1.29, 1.82) is 0 Å². The molecule has 1 aliphatic carbocycles. The van der Waals surface area contributed by atoms with Gasteiger partial charge in [0.25, 0.3) is 5.91 Å². The number of aromatic nitrogens is 1. The Morgan fingerprint density at radius 1 is 1.32 bits per heavy atom. The van der Waals surface area contributed by atoms with Gasteiger partial charge in [-0.2, -0.15) is 0 Å². The van der Waals surface area contributed by atoms with Gasteiger partial charge in [0.15, 0.2) is 0 Å². The summed E-state index contributed by atoms with van der Waals surface area (Å²) >= 11 is 0. The molecule has 1 aromatic carbocycles. The molecule has 0 saturated heterocycles. The molecule has 160 valence electrons. The second kappa shape index (κ2) is 8.29. The number of pyridine rings is 1. The van der Waals surface area contributed by atoms with Crippen LogP contribution in [0, 0.1) is 11.6 Å². The first kappa shape index (κ1) is 20.7. The quantitative estimate of drug-likeness (QED) is 0.801. The molecule has 2 aromatic rings. The predicted octanol–water partition coefficient (Wildman–Crippen LogP) is 2.73. The first-order valence-electron chi connectivity index (χ1n) is 9.95. The molecular weight excluding hydrogens is 402 g/mol. The monoisotopic (exact) mass is 424 g/mol. The van der Waals surface area contributed by atoms with Gasteiger partial charge in [-0.15, -0.1) is 0 Å². The van der Waals surface area contributed by atoms with Crippen molar-refractivity contribution in [3.63, 3.8) is 0 Å². The number of carbonyl (C=O) groups excluding carboxylic acids is 2. The number of likely N-dealkylation sites (N-methyl/N-ethyl adjacent to an activating group) is 1. The van der Waals surface area contributed by atoms with Crippen LogP contribution in [0.15, 0.2) is 60.6 Å². The maximum absolute atomic E-state index is 14.4. The summed E-state index contributed by atoms with van der Waals surface area (Å²) in [6.45, 7) is 0.647. The highest BCUT2D eigenvalue weighted by molar-refractivity contribution is 5.98. The van der Waals surface area contributed by atoms with Crippen LogP contribution in [0.25, 0.3) is 0 Å². The zero-order valence-electron chi connectivity index (χ0n) is 17.0. The Bertz CT molecular complexity index is 1080. The van der Waals surface area contributed by atoms with Gasteiger partial charge in [-0.1, -0.05) is 12.2 Å². The van der Waals surface area contributed by atoms with Gasteiger partial charge in [-0.25, -0.2) is 8.78 Å². The van der Waals surface area contributed by atoms with Gasteiger partial charge in [-0.05, 0) is 47.7 Å². The third kappa shape index (κ3) is 3.93. The molecule has 0 fully saturated rings. The summed E-state index contributed by atoms with van der Waals surface area (Å²) in [4.78, 5) is 33.5. The van der Waals surface area contributed by atoms with Crippen LogP contribution in [0.3, 0.4) is 0 Å². The van der Waals surface area contributed by atoms with Gasteiger partial charge >= 0.3 is 0 Å². The second-order valence-electron chi connectivity index (χ2n) is 7.74. The number of hydrogen-bond acceptors (Lipinski definition) is 4. The van der Waals surface area contributed by atoms with Gasteiger partial charge in [0.05, 0.1) is 11.6 Å². The number of carbonyl (C=O) groups is 2. The maximum atomic E-state index is 14.4. The van der Waals surface area contributed by atoms with Crippen molar-refractivity contribution in [1.82, 2.24) is 14.8 Å². The average molecular weight is 424 g/mol. The molecule has 31 heavy (non-hydrogen) atoms. The molecule has 2 amide bonds. The minimum absolute atomic E-state index is 0.257. The normalized spacial score (nSPS) is 18.4. The molecule has 0 radical (unpaired) electrons. The van der Waals surface area contributed by atoms with Crippen LogP contribution in [0.2, 0.25) is 0 Å². The molecule has 2 heterocycles. The van der Waals surface area contributed by atoms with Crippen molar-refractivity contribution in [3.8, 4) is 0 Å². The third-order valence-electron chi connectivity index (χ3n) is 5.64. The molecule has 2 N–H and O–H groups in total. The predicted molar refractivity (Wildman–Crippen MR) is 111 cm³/mol. The molecule has 2 atom stereocenters. The summed E-state index contributed by atoms with van der Waals surface area (Å²) in [7, 11) is 1.84. The second-order valence-corrected chi connectivity index (χ2v) is 7.74. The Balaban J connectivity index is 1.86. The number of amides is 2. The number of benzene rings is 1. The van der Waals surface area contributed by atoms with E-state index in [1.807, 2.05) is 18.0 Å². The minimum Gasteiger partial charge on any atom is -0.376 e. The SMILES string of the molecule is CN1C=C([C@H](C(N)=O)N(C(=O)c2cccnc2)[C@@H]2CCc3c(F)cc(F)cc32)C=CC1. The maximum Gasteiger partial charge on any atom is 0.256 e. The summed E-state index contributed by atoms with van der Waals surface area (Å²) in [5, 5.41) is 0. The molecular formula is C23H22F2N4O2. The molecule has 0 saturated carbocycles. The first-order chi connectivity index (χ1) is 14.9. The Kier molecular flexibility index (Phi) is 5.54. The van der Waals surface area contributed by atoms with Crippen LogP contribution >= 0.6 is 0 Å². The standard InChI is InChI=1S/C23H22F2N4O2/c1-28-9-3-5-15(13-28)21(22(26)30)29(23(31)14-4-2-8-27-12-14)20-7-6-17-18(20)10-16(24)11-19(17)25/h2-5,8,10-13,20-21H,6-7,9H2,1H3,(H2,26,30)/t20-,21-/m1/s1. The Morgan fingerprint density at radius 2 is 2.13 bits per heavy atom. The molecule has 0 unspecified atom stereocenters. The van der Waals surface area contributed by atoms with E-state index in [1.54, 1.807) is 24.4 Å². The largest absolute Gasteiger partial charge is 0.376 e. The molecule has 0 bridgehead atoms. The lowest BCUT2D eigenvalue weighted by atomic mass is 9.97. The van der Waals surface area contributed by atoms with E-state index in [9.17, 15) is 18.4 Å². The van der Waals surface area contributed by atoms with E-state index in [4.69, 9.17) is 5.73 Å². The first-order valence-corrected chi connectivity index (χ1v) is 9.95. The number of hydrogen-bond donors (Lipinski definition) is 1. The summed E-state index contributed by atoms with van der Waals surface area (Å²) in [6.07, 6.45) is 8.96. The van der Waals surface area contributed by atoms with Gasteiger partial charge in [-0.3, -0.25) is 14.6 Å². The van der Waals surface area contributed by atoms with Crippen molar-refractivity contribution in [2.45, 2.75) is 24.9 Å². The van der Waals surface area contributed by atoms with Crippen molar-refractivity contribution < 1.29 is 18.4 Å². The zero-order chi connectivity index (χ0) is 22.1. The van der Waals surface area contributed by atoms with Crippen LogP contribution in [-0.2, 0) is 11.2 Å². The van der Waals surface area contributed by atoms with E-state index in [1.165, 1.54) is 23.4 Å². The summed E-state index contributed by atoms with van der Waals surface area (Å²) in [6, 6.07) is 3.43. The lowest BCUT2D eigenvalue weighted by Gasteiger charge is -2.37. The Hall–Kier alpha value is -3.55. The number of nitrogens with zero attached hydrogens (tertiary/aromatic N) is 3. The van der Waals surface area contributed by atoms with Gasteiger partial charge < -0.3 is 15.5 Å². The molecule has 2 aliphatic rings. The highest BCUT2D eigenvalue weighted by atomic mass is 19.1. The van der Waals surface area contributed by atoms with Crippen LogP contribution in [0.4, 0.5) is 8.78 Å². The van der Waals surface area contributed by atoms with E-state index >= 15 is 0 Å². The fraction of sp³-hybridized carbons (Fsp3) is 0.261. The highest BCUT2D eigenvalue weighted by Gasteiger charge is 2.41. The molecule has 4 rings (SSSR count). The highest BCUT2D eigenvalue weighted by Crippen LogP contribution is 2.40. The van der Waals surface area contributed by atoms with Crippen LogP contribution < -0.4 is 5.73 Å². The molecule has 8 heteroatoms. The summed E-state index contributed by atoms with van der Waals surface area (Å²) < 4.78 is 28.5. The lowest BCUT2D eigenvalue weighted by Crippen LogP contribution is -2.50. The van der Waals surface area contributed by atoms with Crippen LogP contribution in [-0.4, -0.2) is 46.2 Å². The number of rotatable bonds is 5. The smallest absolute Gasteiger partial charge is 0.256 e. The van der Waals surface area contributed by atoms with E-state index in [0.29, 0.717) is 36.1 Å². The summed E-state index contributed by atoms with van der Waals surface area (Å²) in [5.74, 6) is -2.60.